The van der Waals surface area contributed by atoms with E-state index in [0.29, 0.717) is 0 Å². The van der Waals surface area contributed by atoms with Crippen molar-refractivity contribution in [2.75, 3.05) is 26.2 Å². The standard InChI is InChI=1S/C13H21NO/c1-3-14(4-2)10-11-15-12-13-8-6-5-7-9-13/h5-9H,3-4,10-12H2,1-2H3. The van der Waals surface area contributed by atoms with Crippen LogP contribution < -0.4 is 0 Å². The summed E-state index contributed by atoms with van der Waals surface area (Å²) in [6.07, 6.45) is 0. The Morgan fingerprint density at radius 2 is 1.73 bits per heavy atom. The topological polar surface area (TPSA) is 12.5 Å². The summed E-state index contributed by atoms with van der Waals surface area (Å²) in [5.41, 5.74) is 1.25. The van der Waals surface area contributed by atoms with Gasteiger partial charge in [-0.1, -0.05) is 44.2 Å². The van der Waals surface area contributed by atoms with Crippen LogP contribution in [0.1, 0.15) is 19.4 Å². The van der Waals surface area contributed by atoms with Crippen molar-refractivity contribution < 1.29 is 4.74 Å². The van der Waals surface area contributed by atoms with E-state index in [2.05, 4.69) is 30.9 Å². The highest BCUT2D eigenvalue weighted by Gasteiger charge is 1.98. The quantitative estimate of drug-likeness (QED) is 0.637. The van der Waals surface area contributed by atoms with E-state index in [9.17, 15) is 0 Å². The molecule has 0 atom stereocenters. The maximum absolute atomic E-state index is 5.61. The second-order valence-corrected chi connectivity index (χ2v) is 3.57. The SMILES string of the molecule is CCN(CC)CCOCc1ccccc1. The molecule has 0 aliphatic carbocycles. The second kappa shape index (κ2) is 7.43. The Hall–Kier alpha value is -0.860. The van der Waals surface area contributed by atoms with Crippen LogP contribution in [0.4, 0.5) is 0 Å². The number of ether oxygens (including phenoxy) is 1. The summed E-state index contributed by atoms with van der Waals surface area (Å²) in [5.74, 6) is 0. The molecule has 15 heavy (non-hydrogen) atoms. The average molecular weight is 207 g/mol. The summed E-state index contributed by atoms with van der Waals surface area (Å²) in [4.78, 5) is 2.37. The van der Waals surface area contributed by atoms with E-state index in [-0.39, 0.29) is 0 Å². The fourth-order valence-electron chi connectivity index (χ4n) is 1.50. The van der Waals surface area contributed by atoms with E-state index in [0.717, 1.165) is 32.8 Å². The summed E-state index contributed by atoms with van der Waals surface area (Å²) in [7, 11) is 0. The molecule has 0 N–H and O–H groups in total. The van der Waals surface area contributed by atoms with Crippen LogP contribution in [0.2, 0.25) is 0 Å². The number of hydrogen-bond acceptors (Lipinski definition) is 2. The fourth-order valence-corrected chi connectivity index (χ4v) is 1.50. The molecule has 0 amide bonds. The normalized spacial score (nSPS) is 10.9. The molecule has 1 aromatic rings. The third kappa shape index (κ3) is 4.96. The molecule has 0 bridgehead atoms. The number of rotatable bonds is 7. The monoisotopic (exact) mass is 207 g/mol. The minimum atomic E-state index is 0.724. The van der Waals surface area contributed by atoms with Gasteiger partial charge in [0.2, 0.25) is 0 Å². The highest BCUT2D eigenvalue weighted by atomic mass is 16.5. The Bertz CT molecular complexity index is 244. The fraction of sp³-hybridized carbons (Fsp3) is 0.538. The van der Waals surface area contributed by atoms with Crippen LogP contribution in [0.3, 0.4) is 0 Å². The van der Waals surface area contributed by atoms with Gasteiger partial charge in [-0.15, -0.1) is 0 Å². The van der Waals surface area contributed by atoms with Gasteiger partial charge in [-0.3, -0.25) is 0 Å². The Labute approximate surface area is 92.9 Å². The lowest BCUT2D eigenvalue weighted by Gasteiger charge is -2.17. The third-order valence-corrected chi connectivity index (χ3v) is 2.56. The maximum atomic E-state index is 5.61. The lowest BCUT2D eigenvalue weighted by atomic mass is 10.2. The molecule has 0 spiro atoms. The van der Waals surface area contributed by atoms with E-state index >= 15 is 0 Å². The second-order valence-electron chi connectivity index (χ2n) is 3.57. The molecule has 1 aromatic carbocycles. The van der Waals surface area contributed by atoms with E-state index in [4.69, 9.17) is 4.74 Å². The Morgan fingerprint density at radius 1 is 1.07 bits per heavy atom. The van der Waals surface area contributed by atoms with Gasteiger partial charge in [0.05, 0.1) is 13.2 Å². The van der Waals surface area contributed by atoms with Gasteiger partial charge < -0.3 is 9.64 Å². The van der Waals surface area contributed by atoms with E-state index in [1.54, 1.807) is 0 Å². The molecule has 0 heterocycles. The van der Waals surface area contributed by atoms with Crippen molar-refractivity contribution in [1.29, 1.82) is 0 Å². The molecule has 0 aliphatic rings. The van der Waals surface area contributed by atoms with Crippen molar-refractivity contribution >= 4 is 0 Å². The van der Waals surface area contributed by atoms with Gasteiger partial charge >= 0.3 is 0 Å². The van der Waals surface area contributed by atoms with Crippen molar-refractivity contribution in [3.05, 3.63) is 35.9 Å². The molecule has 0 saturated carbocycles. The highest BCUT2D eigenvalue weighted by Crippen LogP contribution is 2.00. The van der Waals surface area contributed by atoms with Gasteiger partial charge in [0, 0.05) is 6.54 Å². The Kier molecular flexibility index (Phi) is 6.05. The average Bonchev–Trinajstić information content (AvgIpc) is 2.31. The van der Waals surface area contributed by atoms with Crippen molar-refractivity contribution in [3.8, 4) is 0 Å². The maximum Gasteiger partial charge on any atom is 0.0717 e. The van der Waals surface area contributed by atoms with E-state index in [1.807, 2.05) is 18.2 Å². The summed E-state index contributed by atoms with van der Waals surface area (Å²) < 4.78 is 5.61. The minimum absolute atomic E-state index is 0.724. The predicted molar refractivity (Wildman–Crippen MR) is 63.9 cm³/mol. The molecular formula is C13H21NO. The van der Waals surface area contributed by atoms with E-state index < -0.39 is 0 Å². The molecule has 84 valence electrons. The van der Waals surface area contributed by atoms with Crippen molar-refractivity contribution in [2.24, 2.45) is 0 Å². The first-order chi connectivity index (χ1) is 7.36. The van der Waals surface area contributed by atoms with Gasteiger partial charge in [-0.25, -0.2) is 0 Å². The zero-order chi connectivity index (χ0) is 10.9. The first-order valence-electron chi connectivity index (χ1n) is 5.70. The largest absolute Gasteiger partial charge is 0.375 e. The first kappa shape index (κ1) is 12.2. The molecule has 0 fully saturated rings. The Morgan fingerprint density at radius 3 is 2.33 bits per heavy atom. The molecule has 0 saturated heterocycles. The molecule has 0 aromatic heterocycles. The van der Waals surface area contributed by atoms with Crippen LogP contribution in [-0.2, 0) is 11.3 Å². The predicted octanol–water partition coefficient (Wildman–Crippen LogP) is 2.55. The summed E-state index contributed by atoms with van der Waals surface area (Å²) in [5, 5.41) is 0. The van der Waals surface area contributed by atoms with Crippen LogP contribution in [0.15, 0.2) is 30.3 Å². The molecule has 0 radical (unpaired) electrons. The van der Waals surface area contributed by atoms with Gasteiger partial charge in [-0.05, 0) is 18.7 Å². The summed E-state index contributed by atoms with van der Waals surface area (Å²) in [6, 6.07) is 10.3. The lowest BCUT2D eigenvalue weighted by Crippen LogP contribution is -2.26. The molecule has 0 aliphatic heterocycles. The van der Waals surface area contributed by atoms with Crippen LogP contribution in [-0.4, -0.2) is 31.1 Å². The summed E-state index contributed by atoms with van der Waals surface area (Å²) in [6.45, 7) is 9.14. The van der Waals surface area contributed by atoms with Gasteiger partial charge in [0.1, 0.15) is 0 Å². The lowest BCUT2D eigenvalue weighted by molar-refractivity contribution is 0.0956. The van der Waals surface area contributed by atoms with Gasteiger partial charge in [0.15, 0.2) is 0 Å². The highest BCUT2D eigenvalue weighted by molar-refractivity contribution is 5.13. The molecule has 2 heteroatoms. The number of nitrogens with zero attached hydrogens (tertiary/aromatic N) is 1. The summed E-state index contributed by atoms with van der Waals surface area (Å²) >= 11 is 0. The van der Waals surface area contributed by atoms with Crippen LogP contribution in [0.5, 0.6) is 0 Å². The van der Waals surface area contributed by atoms with Crippen molar-refractivity contribution in [1.82, 2.24) is 4.90 Å². The molecule has 2 nitrogen and oxygen atoms in total. The zero-order valence-corrected chi connectivity index (χ0v) is 9.78. The number of likely N-dealkylation sites (N-methyl/N-ethyl adjacent to an activating group) is 1. The third-order valence-electron chi connectivity index (χ3n) is 2.56. The van der Waals surface area contributed by atoms with E-state index in [1.165, 1.54) is 5.56 Å². The van der Waals surface area contributed by atoms with Crippen molar-refractivity contribution in [3.63, 3.8) is 0 Å². The molecular weight excluding hydrogens is 186 g/mol. The first-order valence-corrected chi connectivity index (χ1v) is 5.70. The minimum Gasteiger partial charge on any atom is -0.375 e. The number of hydrogen-bond donors (Lipinski definition) is 0. The van der Waals surface area contributed by atoms with Crippen LogP contribution in [0.25, 0.3) is 0 Å². The van der Waals surface area contributed by atoms with Crippen LogP contribution >= 0.6 is 0 Å². The number of benzene rings is 1. The van der Waals surface area contributed by atoms with Crippen LogP contribution in [0, 0.1) is 0 Å². The zero-order valence-electron chi connectivity index (χ0n) is 9.78. The molecule has 0 unspecified atom stereocenters. The Balaban J connectivity index is 2.12. The van der Waals surface area contributed by atoms with Gasteiger partial charge in [-0.2, -0.15) is 0 Å². The molecule has 1 rings (SSSR count). The smallest absolute Gasteiger partial charge is 0.0717 e. The van der Waals surface area contributed by atoms with Crippen molar-refractivity contribution in [2.45, 2.75) is 20.5 Å². The van der Waals surface area contributed by atoms with Gasteiger partial charge in [0.25, 0.3) is 0 Å².